The third kappa shape index (κ3) is 6.18. The molecule has 9 heteroatoms. The molecular weight excluding hydrogens is 514 g/mol. The van der Waals surface area contributed by atoms with E-state index in [1.54, 1.807) is 18.2 Å². The quantitative estimate of drug-likeness (QED) is 0.212. The van der Waals surface area contributed by atoms with Crippen LogP contribution in [0.5, 0.6) is 0 Å². The van der Waals surface area contributed by atoms with Crippen LogP contribution in [-0.2, 0) is 11.3 Å². The number of nitrogens with zero attached hydrogens (tertiary/aromatic N) is 2. The molecule has 1 aromatic heterocycles. The van der Waals surface area contributed by atoms with Crippen LogP contribution in [0.4, 0.5) is 4.39 Å². The Hall–Kier alpha value is -3.68. The van der Waals surface area contributed by atoms with Crippen molar-refractivity contribution in [2.75, 3.05) is 0 Å². The van der Waals surface area contributed by atoms with Crippen molar-refractivity contribution in [1.29, 1.82) is 0 Å². The van der Waals surface area contributed by atoms with Crippen LogP contribution in [0.15, 0.2) is 78.0 Å². The van der Waals surface area contributed by atoms with Gasteiger partial charge in [-0.25, -0.2) is 9.82 Å². The van der Waals surface area contributed by atoms with Crippen LogP contribution in [0.2, 0.25) is 10.0 Å². The van der Waals surface area contributed by atoms with Gasteiger partial charge < -0.3 is 9.88 Å². The summed E-state index contributed by atoms with van der Waals surface area (Å²) < 4.78 is 16.2. The second-order valence-electron chi connectivity index (χ2n) is 8.88. The minimum absolute atomic E-state index is 0.204. The van der Waals surface area contributed by atoms with Crippen LogP contribution in [-0.4, -0.2) is 28.6 Å². The maximum Gasteiger partial charge on any atom is 0.262 e. The molecule has 4 rings (SSSR count). The van der Waals surface area contributed by atoms with E-state index in [0.29, 0.717) is 22.7 Å². The number of aromatic nitrogens is 1. The van der Waals surface area contributed by atoms with Crippen LogP contribution in [0.25, 0.3) is 10.9 Å². The summed E-state index contributed by atoms with van der Waals surface area (Å²) in [7, 11) is 0. The van der Waals surface area contributed by atoms with E-state index in [1.165, 1.54) is 30.5 Å². The molecule has 3 aromatic carbocycles. The highest BCUT2D eigenvalue weighted by atomic mass is 35.5. The van der Waals surface area contributed by atoms with Gasteiger partial charge in [-0.3, -0.25) is 9.59 Å². The summed E-state index contributed by atoms with van der Waals surface area (Å²) in [5.41, 5.74) is 5.05. The fourth-order valence-corrected chi connectivity index (χ4v) is 4.25. The lowest BCUT2D eigenvalue weighted by atomic mass is 10.0. The standard InChI is InChI=1S/C28H25Cl2FN4O2/c1-17(2)26(33-27(36)18-11-12-22(29)23(30)13-18)28(37)34-32-14-20-16-35(25-10-6-4-8-21(20)25)15-19-7-3-5-9-24(19)31/h3-14,16-17,26H,15H2,1-2H3,(H,33,36)(H,34,37)/b32-14-. The molecule has 0 aliphatic heterocycles. The van der Waals surface area contributed by atoms with Crippen molar-refractivity contribution in [3.63, 3.8) is 0 Å². The zero-order chi connectivity index (χ0) is 26.5. The van der Waals surface area contributed by atoms with Gasteiger partial charge in [-0.1, -0.05) is 73.4 Å². The van der Waals surface area contributed by atoms with Gasteiger partial charge >= 0.3 is 0 Å². The topological polar surface area (TPSA) is 75.5 Å². The molecule has 0 fully saturated rings. The predicted molar refractivity (Wildman–Crippen MR) is 146 cm³/mol. The molecule has 0 aliphatic carbocycles. The molecule has 190 valence electrons. The summed E-state index contributed by atoms with van der Waals surface area (Å²) in [6, 6.07) is 18.0. The molecule has 1 unspecified atom stereocenters. The average Bonchev–Trinajstić information content (AvgIpc) is 3.22. The SMILES string of the molecule is CC(C)C(NC(=O)c1ccc(Cl)c(Cl)c1)C(=O)N/N=C\c1cn(Cc2ccccc2F)c2ccccc12. The first-order valence-electron chi connectivity index (χ1n) is 11.6. The number of hydrogen-bond acceptors (Lipinski definition) is 3. The van der Waals surface area contributed by atoms with Gasteiger partial charge in [0.2, 0.25) is 0 Å². The average molecular weight is 539 g/mol. The Morgan fingerprint density at radius 2 is 1.76 bits per heavy atom. The lowest BCUT2D eigenvalue weighted by Crippen LogP contribution is -2.48. The van der Waals surface area contributed by atoms with Gasteiger partial charge in [0.25, 0.3) is 11.8 Å². The summed E-state index contributed by atoms with van der Waals surface area (Å²) in [5, 5.41) is 8.36. The van der Waals surface area contributed by atoms with Gasteiger partial charge in [0.1, 0.15) is 11.9 Å². The zero-order valence-electron chi connectivity index (χ0n) is 20.2. The van der Waals surface area contributed by atoms with E-state index in [0.717, 1.165) is 16.5 Å². The Balaban J connectivity index is 1.49. The van der Waals surface area contributed by atoms with Gasteiger partial charge in [-0.2, -0.15) is 5.10 Å². The van der Waals surface area contributed by atoms with Crippen LogP contribution in [0.1, 0.15) is 35.3 Å². The molecule has 2 N–H and O–H groups in total. The minimum Gasteiger partial charge on any atom is -0.342 e. The Bertz CT molecular complexity index is 1480. The highest BCUT2D eigenvalue weighted by molar-refractivity contribution is 6.42. The molecular formula is C28H25Cl2FN4O2. The third-order valence-corrected chi connectivity index (χ3v) is 6.65. The third-order valence-electron chi connectivity index (χ3n) is 5.91. The summed E-state index contributed by atoms with van der Waals surface area (Å²) in [6.07, 6.45) is 3.40. The first-order chi connectivity index (χ1) is 17.7. The molecule has 37 heavy (non-hydrogen) atoms. The summed E-state index contributed by atoms with van der Waals surface area (Å²) in [6.45, 7) is 3.99. The van der Waals surface area contributed by atoms with Crippen molar-refractivity contribution < 1.29 is 14.0 Å². The van der Waals surface area contributed by atoms with Crippen LogP contribution < -0.4 is 10.7 Å². The smallest absolute Gasteiger partial charge is 0.262 e. The number of carbonyl (C=O) groups is 2. The predicted octanol–water partition coefficient (Wildman–Crippen LogP) is 6.04. The number of fused-ring (bicyclic) bond motifs is 1. The largest absolute Gasteiger partial charge is 0.342 e. The zero-order valence-corrected chi connectivity index (χ0v) is 21.7. The summed E-state index contributed by atoms with van der Waals surface area (Å²) in [5.74, 6) is -1.39. The van der Waals surface area contributed by atoms with Crippen molar-refractivity contribution >= 4 is 52.1 Å². The number of nitrogens with one attached hydrogen (secondary N) is 2. The highest BCUT2D eigenvalue weighted by Gasteiger charge is 2.25. The minimum atomic E-state index is -0.832. The fraction of sp³-hybridized carbons (Fsp3) is 0.179. The van der Waals surface area contributed by atoms with Crippen LogP contribution in [0, 0.1) is 11.7 Å². The van der Waals surface area contributed by atoms with E-state index in [2.05, 4.69) is 15.8 Å². The Kier molecular flexibility index (Phi) is 8.26. The second kappa shape index (κ2) is 11.6. The summed E-state index contributed by atoms with van der Waals surface area (Å²) >= 11 is 11.9. The maximum absolute atomic E-state index is 14.2. The van der Waals surface area contributed by atoms with Crippen molar-refractivity contribution in [3.05, 3.63) is 105 Å². The van der Waals surface area contributed by atoms with Crippen molar-refractivity contribution in [3.8, 4) is 0 Å². The van der Waals surface area contributed by atoms with Crippen molar-refractivity contribution in [1.82, 2.24) is 15.3 Å². The van der Waals surface area contributed by atoms with Gasteiger partial charge in [-0.05, 0) is 36.2 Å². The number of hydrazone groups is 1. The van der Waals surface area contributed by atoms with E-state index in [-0.39, 0.29) is 16.8 Å². The van der Waals surface area contributed by atoms with Crippen LogP contribution >= 0.6 is 23.2 Å². The summed E-state index contributed by atoms with van der Waals surface area (Å²) in [4.78, 5) is 25.6. The lowest BCUT2D eigenvalue weighted by molar-refractivity contribution is -0.123. The molecule has 2 amide bonds. The Morgan fingerprint density at radius 3 is 2.49 bits per heavy atom. The number of benzene rings is 3. The van der Waals surface area contributed by atoms with E-state index < -0.39 is 17.9 Å². The van der Waals surface area contributed by atoms with Crippen LogP contribution in [0.3, 0.4) is 0 Å². The monoisotopic (exact) mass is 538 g/mol. The Labute approximate surface area is 224 Å². The molecule has 0 spiro atoms. The molecule has 0 bridgehead atoms. The van der Waals surface area contributed by atoms with E-state index in [1.807, 2.05) is 48.9 Å². The normalized spacial score (nSPS) is 12.3. The van der Waals surface area contributed by atoms with Crippen molar-refractivity contribution in [2.45, 2.75) is 26.4 Å². The fourth-order valence-electron chi connectivity index (χ4n) is 3.95. The van der Waals surface area contributed by atoms with E-state index in [9.17, 15) is 14.0 Å². The number of rotatable bonds is 8. The van der Waals surface area contributed by atoms with Gasteiger partial charge in [-0.15, -0.1) is 0 Å². The number of halogens is 3. The number of carbonyl (C=O) groups excluding carboxylic acids is 2. The van der Waals surface area contributed by atoms with Gasteiger partial charge in [0, 0.05) is 33.8 Å². The Morgan fingerprint density at radius 1 is 1.03 bits per heavy atom. The molecule has 0 aliphatic rings. The molecule has 0 saturated carbocycles. The highest BCUT2D eigenvalue weighted by Crippen LogP contribution is 2.23. The van der Waals surface area contributed by atoms with Gasteiger partial charge in [0.05, 0.1) is 22.8 Å². The lowest BCUT2D eigenvalue weighted by Gasteiger charge is -2.20. The maximum atomic E-state index is 14.2. The van der Waals surface area contributed by atoms with E-state index in [4.69, 9.17) is 23.2 Å². The molecule has 1 heterocycles. The van der Waals surface area contributed by atoms with Crippen molar-refractivity contribution in [2.24, 2.45) is 11.0 Å². The number of amides is 2. The first kappa shape index (κ1) is 26.4. The number of hydrogen-bond donors (Lipinski definition) is 2. The first-order valence-corrected chi connectivity index (χ1v) is 12.4. The second-order valence-corrected chi connectivity index (χ2v) is 9.69. The molecule has 0 saturated heterocycles. The molecule has 4 aromatic rings. The molecule has 0 radical (unpaired) electrons. The molecule has 1 atom stereocenters. The molecule has 6 nitrogen and oxygen atoms in total. The van der Waals surface area contributed by atoms with Gasteiger partial charge in [0.15, 0.2) is 0 Å². The number of para-hydroxylation sites is 1. The van der Waals surface area contributed by atoms with E-state index >= 15 is 0 Å².